The second kappa shape index (κ2) is 7.28. The normalized spacial score (nSPS) is 11.6. The van der Waals surface area contributed by atoms with Crippen molar-refractivity contribution in [3.63, 3.8) is 0 Å². The monoisotopic (exact) mass is 239 g/mol. The van der Waals surface area contributed by atoms with Gasteiger partial charge in [-0.1, -0.05) is 19.4 Å². The van der Waals surface area contributed by atoms with Gasteiger partial charge in [0.1, 0.15) is 0 Å². The Morgan fingerprint density at radius 3 is 2.94 bits per heavy atom. The molecule has 0 fully saturated rings. The van der Waals surface area contributed by atoms with E-state index in [4.69, 9.17) is 0 Å². The highest BCUT2D eigenvalue weighted by Crippen LogP contribution is 2.07. The number of unbranched alkanes of at least 4 members (excludes halogenated alkanes) is 1. The lowest BCUT2D eigenvalue weighted by atomic mass is 10.3. The van der Waals surface area contributed by atoms with E-state index in [0.717, 1.165) is 19.0 Å². The van der Waals surface area contributed by atoms with Crippen LogP contribution in [0.25, 0.3) is 0 Å². The first kappa shape index (κ1) is 13.0. The van der Waals surface area contributed by atoms with Gasteiger partial charge in [0.2, 0.25) is 0 Å². The van der Waals surface area contributed by atoms with Gasteiger partial charge in [-0.2, -0.15) is 0 Å². The average molecular weight is 239 g/mol. The van der Waals surface area contributed by atoms with E-state index in [0.29, 0.717) is 0 Å². The topological polar surface area (TPSA) is 27.6 Å². The van der Waals surface area contributed by atoms with Crippen molar-refractivity contribution < 1.29 is 0 Å². The van der Waals surface area contributed by atoms with Crippen LogP contribution in [0.5, 0.6) is 0 Å². The van der Waals surface area contributed by atoms with Crippen molar-refractivity contribution in [1.29, 1.82) is 0 Å². The van der Waals surface area contributed by atoms with Crippen molar-refractivity contribution in [2.45, 2.75) is 26.3 Å². The quantitative estimate of drug-likeness (QED) is 0.631. The van der Waals surface area contributed by atoms with Crippen molar-refractivity contribution in [3.8, 4) is 0 Å². The third kappa shape index (κ3) is 4.23. The zero-order valence-corrected chi connectivity index (χ0v) is 11.2. The van der Waals surface area contributed by atoms with Crippen LogP contribution in [-0.4, -0.2) is 31.5 Å². The van der Waals surface area contributed by atoms with E-state index in [1.807, 2.05) is 7.05 Å². The molecule has 1 heterocycles. The minimum Gasteiger partial charge on any atom is -0.351 e. The smallest absolute Gasteiger partial charge is 0.193 e. The molecule has 0 aliphatic rings. The molecule has 0 amide bonds. The average Bonchev–Trinajstić information content (AvgIpc) is 2.80. The highest BCUT2D eigenvalue weighted by Gasteiger charge is 2.04. The standard InChI is InChI=1S/C12H21N3S/c1-4-5-8-15(3)12(13-2)14-10-11-7-6-9-16-11/h6-7,9H,4-5,8,10H2,1-3H3,(H,13,14). The summed E-state index contributed by atoms with van der Waals surface area (Å²) in [7, 11) is 3.92. The summed E-state index contributed by atoms with van der Waals surface area (Å²) in [5, 5.41) is 5.46. The maximum Gasteiger partial charge on any atom is 0.193 e. The van der Waals surface area contributed by atoms with Gasteiger partial charge in [-0.15, -0.1) is 11.3 Å². The second-order valence-corrected chi connectivity index (χ2v) is 4.79. The van der Waals surface area contributed by atoms with Crippen LogP contribution in [0.15, 0.2) is 22.5 Å². The minimum absolute atomic E-state index is 0.862. The second-order valence-electron chi connectivity index (χ2n) is 3.76. The fraction of sp³-hybridized carbons (Fsp3) is 0.583. The lowest BCUT2D eigenvalue weighted by Crippen LogP contribution is -2.38. The van der Waals surface area contributed by atoms with Crippen LogP contribution < -0.4 is 5.32 Å². The summed E-state index contributed by atoms with van der Waals surface area (Å²) in [5.74, 6) is 0.974. The molecule has 1 rings (SSSR count). The third-order valence-electron chi connectivity index (χ3n) is 2.42. The fourth-order valence-electron chi connectivity index (χ4n) is 1.47. The first-order valence-corrected chi connectivity index (χ1v) is 6.60. The predicted molar refractivity (Wildman–Crippen MR) is 72.1 cm³/mol. The van der Waals surface area contributed by atoms with E-state index in [2.05, 4.69) is 46.7 Å². The summed E-state index contributed by atoms with van der Waals surface area (Å²) in [4.78, 5) is 7.79. The van der Waals surface area contributed by atoms with E-state index in [1.165, 1.54) is 17.7 Å². The number of hydrogen-bond donors (Lipinski definition) is 1. The Kier molecular flexibility index (Phi) is 5.93. The number of rotatable bonds is 5. The summed E-state index contributed by atoms with van der Waals surface area (Å²) >= 11 is 1.77. The van der Waals surface area contributed by atoms with Gasteiger partial charge in [0.05, 0.1) is 6.54 Å². The molecule has 0 unspecified atom stereocenters. The van der Waals surface area contributed by atoms with Gasteiger partial charge in [-0.3, -0.25) is 4.99 Å². The molecule has 0 aliphatic heterocycles. The molecule has 4 heteroatoms. The van der Waals surface area contributed by atoms with Gasteiger partial charge >= 0.3 is 0 Å². The Hall–Kier alpha value is -1.03. The van der Waals surface area contributed by atoms with Crippen molar-refractivity contribution in [1.82, 2.24) is 10.2 Å². The van der Waals surface area contributed by atoms with Crippen LogP contribution in [-0.2, 0) is 6.54 Å². The van der Waals surface area contributed by atoms with Gasteiger partial charge < -0.3 is 10.2 Å². The van der Waals surface area contributed by atoms with Crippen molar-refractivity contribution in [2.24, 2.45) is 4.99 Å². The number of hydrogen-bond acceptors (Lipinski definition) is 2. The molecule has 0 aliphatic carbocycles. The van der Waals surface area contributed by atoms with Crippen molar-refractivity contribution in [3.05, 3.63) is 22.4 Å². The van der Waals surface area contributed by atoms with E-state index >= 15 is 0 Å². The van der Waals surface area contributed by atoms with E-state index in [1.54, 1.807) is 11.3 Å². The molecule has 0 bridgehead atoms. The van der Waals surface area contributed by atoms with Gasteiger partial charge in [0, 0.05) is 25.5 Å². The molecule has 90 valence electrons. The van der Waals surface area contributed by atoms with Crippen molar-refractivity contribution >= 4 is 17.3 Å². The first-order chi connectivity index (χ1) is 7.77. The molecular formula is C12H21N3S. The summed E-state index contributed by atoms with van der Waals surface area (Å²) in [5.41, 5.74) is 0. The lowest BCUT2D eigenvalue weighted by molar-refractivity contribution is 0.465. The SMILES string of the molecule is CCCCN(C)C(=NC)NCc1cccs1. The van der Waals surface area contributed by atoms with Crippen LogP contribution in [0, 0.1) is 0 Å². The van der Waals surface area contributed by atoms with E-state index in [-0.39, 0.29) is 0 Å². The van der Waals surface area contributed by atoms with Crippen LogP contribution in [0.4, 0.5) is 0 Å². The molecule has 0 aromatic carbocycles. The number of nitrogens with zero attached hydrogens (tertiary/aromatic N) is 2. The molecule has 3 nitrogen and oxygen atoms in total. The van der Waals surface area contributed by atoms with E-state index in [9.17, 15) is 0 Å². The molecule has 1 N–H and O–H groups in total. The van der Waals surface area contributed by atoms with Crippen LogP contribution in [0.2, 0.25) is 0 Å². The van der Waals surface area contributed by atoms with Crippen LogP contribution >= 0.6 is 11.3 Å². The summed E-state index contributed by atoms with van der Waals surface area (Å²) in [6, 6.07) is 4.21. The molecule has 1 aromatic rings. The van der Waals surface area contributed by atoms with Crippen LogP contribution in [0.3, 0.4) is 0 Å². The molecular weight excluding hydrogens is 218 g/mol. The Bertz CT molecular complexity index is 306. The Balaban J connectivity index is 2.37. The molecule has 0 spiro atoms. The van der Waals surface area contributed by atoms with E-state index < -0.39 is 0 Å². The lowest BCUT2D eigenvalue weighted by Gasteiger charge is -2.21. The third-order valence-corrected chi connectivity index (χ3v) is 3.30. The van der Waals surface area contributed by atoms with Gasteiger partial charge in [-0.05, 0) is 17.9 Å². The largest absolute Gasteiger partial charge is 0.351 e. The highest BCUT2D eigenvalue weighted by molar-refractivity contribution is 7.09. The molecule has 0 radical (unpaired) electrons. The Morgan fingerprint density at radius 2 is 2.38 bits per heavy atom. The Morgan fingerprint density at radius 1 is 1.56 bits per heavy atom. The Labute approximate surface area is 102 Å². The van der Waals surface area contributed by atoms with Gasteiger partial charge in [0.25, 0.3) is 0 Å². The molecule has 1 aromatic heterocycles. The summed E-state index contributed by atoms with van der Waals surface area (Å²) < 4.78 is 0. The highest BCUT2D eigenvalue weighted by atomic mass is 32.1. The maximum atomic E-state index is 4.28. The molecule has 16 heavy (non-hydrogen) atoms. The molecule has 0 atom stereocenters. The van der Waals surface area contributed by atoms with Crippen molar-refractivity contribution in [2.75, 3.05) is 20.6 Å². The van der Waals surface area contributed by atoms with Crippen LogP contribution in [0.1, 0.15) is 24.6 Å². The zero-order valence-electron chi connectivity index (χ0n) is 10.4. The maximum absolute atomic E-state index is 4.28. The number of aliphatic imine (C=N–C) groups is 1. The van der Waals surface area contributed by atoms with Gasteiger partial charge in [0.15, 0.2) is 5.96 Å². The summed E-state index contributed by atoms with van der Waals surface area (Å²) in [6.07, 6.45) is 2.42. The molecule has 0 saturated heterocycles. The zero-order chi connectivity index (χ0) is 11.8. The molecule has 0 saturated carbocycles. The van der Waals surface area contributed by atoms with Gasteiger partial charge in [-0.25, -0.2) is 0 Å². The number of thiophene rings is 1. The number of nitrogens with one attached hydrogen (secondary N) is 1. The predicted octanol–water partition coefficient (Wildman–Crippen LogP) is 2.56. The summed E-state index contributed by atoms with van der Waals surface area (Å²) in [6.45, 7) is 4.12. The fourth-order valence-corrected chi connectivity index (χ4v) is 2.11. The minimum atomic E-state index is 0.862. The number of guanidine groups is 1. The first-order valence-electron chi connectivity index (χ1n) is 5.72.